The van der Waals surface area contributed by atoms with E-state index in [0.717, 1.165) is 48.5 Å². The maximum atomic E-state index is 11.6. The van der Waals surface area contributed by atoms with Gasteiger partial charge in [-0.3, -0.25) is 18.2 Å². The molecule has 0 saturated carbocycles. The van der Waals surface area contributed by atoms with Crippen LogP contribution >= 0.6 is 0 Å². The van der Waals surface area contributed by atoms with Crippen LogP contribution in [0.3, 0.4) is 0 Å². The molecular weight excluding hydrogens is 1050 g/mol. The van der Waals surface area contributed by atoms with Crippen LogP contribution in [0, 0.1) is 0 Å². The van der Waals surface area contributed by atoms with Crippen LogP contribution in [-0.4, -0.2) is 51.9 Å². The summed E-state index contributed by atoms with van der Waals surface area (Å²) < 4.78 is 130. The van der Waals surface area contributed by atoms with Crippen molar-refractivity contribution in [2.24, 2.45) is 61.4 Å². The topological polar surface area (TPSA) is 470 Å². The molecule has 32 heteroatoms. The summed E-state index contributed by atoms with van der Waals surface area (Å²) in [5.74, 6) is 0. The summed E-state index contributed by atoms with van der Waals surface area (Å²) >= 11 is 0. The number of nitrogens with two attached hydrogens (primary N) is 4. The van der Waals surface area contributed by atoms with Crippen molar-refractivity contribution in [3.63, 3.8) is 0 Å². The lowest BCUT2D eigenvalue weighted by atomic mass is 10.1. The molecule has 0 fully saturated rings. The molecule has 0 atom stereocenters. The molecule has 74 heavy (non-hydrogen) atoms. The Morgan fingerprint density at radius 1 is 0.257 bits per heavy atom. The molecule has 0 aromatic heterocycles. The van der Waals surface area contributed by atoms with E-state index in [4.69, 9.17) is 22.9 Å². The molecule has 0 radical (unpaired) electrons. The number of nitrogen functional groups attached to an aromatic ring is 4. The molecule has 0 aliphatic heterocycles. The van der Waals surface area contributed by atoms with Gasteiger partial charge in [0.2, 0.25) is 0 Å². The van der Waals surface area contributed by atoms with Crippen molar-refractivity contribution in [1.82, 2.24) is 0 Å². The maximum absolute atomic E-state index is 11.6. The van der Waals surface area contributed by atoms with Gasteiger partial charge < -0.3 is 22.9 Å². The minimum Gasteiger partial charge on any atom is -0.397 e. The highest BCUT2D eigenvalue weighted by Crippen LogP contribution is 2.49. The molecule has 0 spiro atoms. The van der Waals surface area contributed by atoms with Gasteiger partial charge in [-0.1, -0.05) is 6.07 Å². The Kier molecular flexibility index (Phi) is 15.2. The Morgan fingerprint density at radius 3 is 0.676 bits per heavy atom. The molecule has 0 heterocycles. The third-order valence-corrected chi connectivity index (χ3v) is 13.0. The van der Waals surface area contributed by atoms with Gasteiger partial charge in [-0.05, 0) is 127 Å². The van der Waals surface area contributed by atoms with Crippen LogP contribution < -0.4 is 22.9 Å². The van der Waals surface area contributed by atoms with Gasteiger partial charge in [0.05, 0.1) is 76.5 Å². The summed E-state index contributed by atoms with van der Waals surface area (Å²) in [5, 5.41) is 50.5. The average molecular weight is 1080 g/mol. The van der Waals surface area contributed by atoms with E-state index in [1.54, 1.807) is 0 Å². The van der Waals surface area contributed by atoms with Gasteiger partial charge in [0.25, 0.3) is 40.5 Å². The van der Waals surface area contributed by atoms with E-state index in [1.165, 1.54) is 84.9 Å². The Balaban J connectivity index is 1.27. The summed E-state index contributed by atoms with van der Waals surface area (Å²) in [6, 6.07) is 27.1. The van der Waals surface area contributed by atoms with Crippen molar-refractivity contribution in [1.29, 1.82) is 0 Å². The first-order chi connectivity index (χ1) is 34.8. The highest BCUT2D eigenvalue weighted by molar-refractivity contribution is 7.86. The van der Waals surface area contributed by atoms with E-state index in [1.807, 2.05) is 0 Å². The van der Waals surface area contributed by atoms with Crippen LogP contribution in [0.15, 0.2) is 214 Å². The molecule has 378 valence electrons. The van der Waals surface area contributed by atoms with Crippen molar-refractivity contribution < 1.29 is 51.9 Å². The zero-order chi connectivity index (χ0) is 53.6. The Bertz CT molecular complexity index is 3720. The molecular formula is C42H34N16O12S4. The molecule has 7 rings (SSSR count). The zero-order valence-electron chi connectivity index (χ0n) is 37.1. The highest BCUT2D eigenvalue weighted by atomic mass is 32.2. The van der Waals surface area contributed by atoms with Crippen LogP contribution in [0.5, 0.6) is 0 Å². The number of anilines is 4. The lowest BCUT2D eigenvalue weighted by molar-refractivity contribution is 0.481. The first kappa shape index (κ1) is 52.8. The van der Waals surface area contributed by atoms with E-state index in [0.29, 0.717) is 0 Å². The van der Waals surface area contributed by atoms with E-state index in [9.17, 15) is 51.9 Å². The predicted molar refractivity (Wildman–Crippen MR) is 267 cm³/mol. The molecule has 28 nitrogen and oxygen atoms in total. The molecule has 0 saturated heterocycles. The van der Waals surface area contributed by atoms with Crippen molar-refractivity contribution >= 4 is 131 Å². The number of hydrogen-bond donors (Lipinski definition) is 8. The van der Waals surface area contributed by atoms with Gasteiger partial charge >= 0.3 is 0 Å². The Hall–Kier alpha value is -9.02. The van der Waals surface area contributed by atoms with Gasteiger partial charge in [0.1, 0.15) is 34.1 Å². The molecule has 0 amide bonds. The monoisotopic (exact) mass is 1080 g/mol. The summed E-state index contributed by atoms with van der Waals surface area (Å²) in [5.41, 5.74) is 24.8. The van der Waals surface area contributed by atoms with E-state index in [-0.39, 0.29) is 91.0 Å². The van der Waals surface area contributed by atoms with E-state index in [2.05, 4.69) is 61.4 Å². The van der Waals surface area contributed by atoms with Crippen molar-refractivity contribution in [3.05, 3.63) is 133 Å². The van der Waals surface area contributed by atoms with Crippen LogP contribution in [0.4, 0.5) is 91.0 Å². The van der Waals surface area contributed by atoms with Gasteiger partial charge in [-0.15, -0.1) is 30.7 Å². The van der Waals surface area contributed by atoms with Gasteiger partial charge in [0, 0.05) is 0 Å². The zero-order valence-corrected chi connectivity index (χ0v) is 40.3. The quantitative estimate of drug-likeness (QED) is 0.0253. The first-order valence-electron chi connectivity index (χ1n) is 20.2. The fraction of sp³-hybridized carbons (Fsp3) is 0. The third kappa shape index (κ3) is 13.3. The molecule has 0 aliphatic rings. The van der Waals surface area contributed by atoms with Crippen LogP contribution in [-0.2, 0) is 40.5 Å². The van der Waals surface area contributed by atoms with Crippen molar-refractivity contribution in [3.8, 4) is 0 Å². The standard InChI is InChI=1S/C42H34N16O12S4/c43-33-21-35(45)39(41(57-49-25-8-16-31(17-9-25)73(65,66)67)37(33)53-47-23-4-12-29(13-5-23)71(59,60)61)55-51-27-2-1-3-28(20-27)52-56-40-36(46)22-34(44)38(54-48-24-6-14-30(15-7-24)72(62,63)64)42(40)58-50-26-10-18-32(19-11-26)74(68,69)70/h1-22H,43-46H2,(H,59,60,61)(H,62,63,64)(H,65,66,67)(H,68,69,70). The van der Waals surface area contributed by atoms with Gasteiger partial charge in [-0.25, -0.2) is 0 Å². The van der Waals surface area contributed by atoms with E-state index < -0.39 is 60.1 Å². The Morgan fingerprint density at radius 2 is 0.459 bits per heavy atom. The molecule has 0 aliphatic carbocycles. The maximum Gasteiger partial charge on any atom is 0.294 e. The molecule has 7 aromatic rings. The van der Waals surface area contributed by atoms with Crippen molar-refractivity contribution in [2.75, 3.05) is 22.9 Å². The van der Waals surface area contributed by atoms with Gasteiger partial charge in [0.15, 0.2) is 0 Å². The molecule has 12 N–H and O–H groups in total. The number of azo groups is 6. The second-order valence-electron chi connectivity index (χ2n) is 14.8. The predicted octanol–water partition coefficient (Wildman–Crippen LogP) is 11.5. The summed E-state index contributed by atoms with van der Waals surface area (Å²) in [6.45, 7) is 0. The minimum absolute atomic E-state index is 0.0762. The second-order valence-corrected chi connectivity index (χ2v) is 20.5. The molecule has 0 unspecified atom stereocenters. The number of hydrogen-bond acceptors (Lipinski definition) is 24. The first-order valence-corrected chi connectivity index (χ1v) is 25.9. The fourth-order valence-corrected chi connectivity index (χ4v) is 7.91. The second kappa shape index (κ2) is 21.4. The van der Waals surface area contributed by atoms with Crippen LogP contribution in [0.25, 0.3) is 0 Å². The minimum atomic E-state index is -4.53. The molecule has 7 aromatic carbocycles. The lowest BCUT2D eigenvalue weighted by Gasteiger charge is -2.09. The average Bonchev–Trinajstić information content (AvgIpc) is 3.33. The SMILES string of the molecule is Nc1cc(N)c(N=Nc2cccc(N=Nc3c(N)cc(N)c(N=Nc4ccc(S(=O)(=O)O)cc4)c3N=Nc3ccc(S(=O)(=O)O)cc3)c2)c(N=Nc2ccc(S(=O)(=O)O)cc2)c1N=Nc1ccc(S(=O)(=O)O)cc1. The van der Waals surface area contributed by atoms with Crippen LogP contribution in [0.2, 0.25) is 0 Å². The largest absolute Gasteiger partial charge is 0.397 e. The van der Waals surface area contributed by atoms with Crippen LogP contribution in [0.1, 0.15) is 0 Å². The summed E-state index contributed by atoms with van der Waals surface area (Å²) in [6.07, 6.45) is 0. The van der Waals surface area contributed by atoms with Crippen molar-refractivity contribution in [2.45, 2.75) is 19.6 Å². The number of rotatable bonds is 16. The number of nitrogens with zero attached hydrogens (tertiary/aromatic N) is 12. The fourth-order valence-electron chi connectivity index (χ4n) is 5.99. The third-order valence-electron chi connectivity index (χ3n) is 9.57. The molecule has 0 bridgehead atoms. The summed E-state index contributed by atoms with van der Waals surface area (Å²) in [7, 11) is -18.1. The van der Waals surface area contributed by atoms with Gasteiger partial charge in [-0.2, -0.15) is 64.4 Å². The van der Waals surface area contributed by atoms with E-state index >= 15 is 0 Å². The smallest absolute Gasteiger partial charge is 0.294 e. The Labute approximate surface area is 418 Å². The highest BCUT2D eigenvalue weighted by Gasteiger charge is 2.20. The number of benzene rings is 7. The summed E-state index contributed by atoms with van der Waals surface area (Å²) in [4.78, 5) is -1.64. The lowest BCUT2D eigenvalue weighted by Crippen LogP contribution is -1.96. The normalized spacial score (nSPS) is 12.9.